The van der Waals surface area contributed by atoms with Crippen LogP contribution in [0.3, 0.4) is 0 Å². The molecule has 0 aromatic heterocycles. The van der Waals surface area contributed by atoms with E-state index < -0.39 is 0 Å². The van der Waals surface area contributed by atoms with Crippen molar-refractivity contribution in [3.63, 3.8) is 0 Å². The fourth-order valence-electron chi connectivity index (χ4n) is 3.69. The van der Waals surface area contributed by atoms with Gasteiger partial charge in [0.2, 0.25) is 0 Å². The summed E-state index contributed by atoms with van der Waals surface area (Å²) in [5.74, 6) is 1.71. The highest BCUT2D eigenvalue weighted by Crippen LogP contribution is 2.43. The van der Waals surface area contributed by atoms with Crippen molar-refractivity contribution in [3.05, 3.63) is 0 Å². The van der Waals surface area contributed by atoms with Crippen molar-refractivity contribution in [1.82, 2.24) is 4.90 Å². The highest BCUT2D eigenvalue weighted by Gasteiger charge is 2.41. The second kappa shape index (κ2) is 4.68. The van der Waals surface area contributed by atoms with Gasteiger partial charge >= 0.3 is 0 Å². The van der Waals surface area contributed by atoms with Gasteiger partial charge in [0.1, 0.15) is 0 Å². The van der Waals surface area contributed by atoms with Gasteiger partial charge in [-0.2, -0.15) is 0 Å². The first-order valence-electron chi connectivity index (χ1n) is 7.28. The molecular formula is C15H29N. The van der Waals surface area contributed by atoms with E-state index in [4.69, 9.17) is 0 Å². The van der Waals surface area contributed by atoms with Gasteiger partial charge in [-0.1, -0.05) is 40.5 Å². The second-order valence-electron chi connectivity index (χ2n) is 6.76. The quantitative estimate of drug-likeness (QED) is 0.685. The second-order valence-corrected chi connectivity index (χ2v) is 6.76. The molecule has 0 aromatic rings. The molecule has 2 aliphatic rings. The first kappa shape index (κ1) is 12.4. The molecule has 0 radical (unpaired) electrons. The number of rotatable bonds is 2. The van der Waals surface area contributed by atoms with E-state index in [9.17, 15) is 0 Å². The lowest BCUT2D eigenvalue weighted by molar-refractivity contribution is -0.00687. The maximum atomic E-state index is 2.81. The van der Waals surface area contributed by atoms with Crippen molar-refractivity contribution >= 4 is 0 Å². The van der Waals surface area contributed by atoms with Gasteiger partial charge in [0.25, 0.3) is 0 Å². The Morgan fingerprint density at radius 3 is 2.31 bits per heavy atom. The molecule has 2 fully saturated rings. The smallest absolute Gasteiger partial charge is 0.00954 e. The van der Waals surface area contributed by atoms with E-state index in [0.717, 1.165) is 17.9 Å². The molecule has 2 rings (SSSR count). The van der Waals surface area contributed by atoms with Crippen LogP contribution in [0.1, 0.15) is 59.8 Å². The number of piperidine rings is 1. The predicted octanol–water partition coefficient (Wildman–Crippen LogP) is 3.93. The fourth-order valence-corrected chi connectivity index (χ4v) is 3.69. The van der Waals surface area contributed by atoms with Gasteiger partial charge in [-0.05, 0) is 43.1 Å². The average molecular weight is 223 g/mol. The zero-order chi connectivity index (χ0) is 11.8. The average Bonchev–Trinajstić information content (AvgIpc) is 2.75. The van der Waals surface area contributed by atoms with Crippen LogP contribution in [0.25, 0.3) is 0 Å². The molecule has 0 aromatic carbocycles. The lowest BCUT2D eigenvalue weighted by Crippen LogP contribution is -2.51. The van der Waals surface area contributed by atoms with E-state index in [1.807, 2.05) is 0 Å². The molecule has 2 atom stereocenters. The van der Waals surface area contributed by atoms with E-state index >= 15 is 0 Å². The van der Waals surface area contributed by atoms with Gasteiger partial charge in [-0.3, -0.25) is 4.90 Å². The molecule has 1 saturated heterocycles. The maximum Gasteiger partial charge on any atom is 0.00954 e. The van der Waals surface area contributed by atoms with Crippen molar-refractivity contribution in [2.24, 2.45) is 17.3 Å². The zero-order valence-corrected chi connectivity index (χ0v) is 11.6. The summed E-state index contributed by atoms with van der Waals surface area (Å²) in [6.07, 6.45) is 7.26. The largest absolute Gasteiger partial charge is 0.300 e. The van der Waals surface area contributed by atoms with Crippen LogP contribution in [0.15, 0.2) is 0 Å². The minimum Gasteiger partial charge on any atom is -0.300 e. The van der Waals surface area contributed by atoms with E-state index in [0.29, 0.717) is 5.41 Å². The van der Waals surface area contributed by atoms with Crippen molar-refractivity contribution in [3.8, 4) is 0 Å². The summed E-state index contributed by atoms with van der Waals surface area (Å²) in [6.45, 7) is 12.5. The minimum atomic E-state index is 0.542. The molecule has 1 heteroatoms. The number of hydrogen-bond donors (Lipinski definition) is 0. The first-order chi connectivity index (χ1) is 7.54. The normalized spacial score (nSPS) is 38.4. The van der Waals surface area contributed by atoms with Crippen LogP contribution in [0.4, 0.5) is 0 Å². The first-order valence-corrected chi connectivity index (χ1v) is 7.28. The molecule has 0 bridgehead atoms. The van der Waals surface area contributed by atoms with Gasteiger partial charge in [-0.25, -0.2) is 0 Å². The lowest BCUT2D eigenvalue weighted by Gasteiger charge is -2.49. The Labute approximate surface area is 102 Å². The number of nitrogens with zero attached hydrogens (tertiary/aromatic N) is 1. The Balaban J connectivity index is 2.03. The van der Waals surface area contributed by atoms with Crippen LogP contribution in [0.5, 0.6) is 0 Å². The standard InChI is InChI=1S/C15H29N/c1-12(2)15(4)11-16(10-9-13(15)3)14-7-5-6-8-14/h12-14H,5-11H2,1-4H3. The van der Waals surface area contributed by atoms with Crippen molar-refractivity contribution in [2.75, 3.05) is 13.1 Å². The fraction of sp³-hybridized carbons (Fsp3) is 1.00. The molecule has 1 heterocycles. The number of hydrogen-bond acceptors (Lipinski definition) is 1. The van der Waals surface area contributed by atoms with Crippen LogP contribution in [0, 0.1) is 17.3 Å². The summed E-state index contributed by atoms with van der Waals surface area (Å²) in [4.78, 5) is 2.81. The highest BCUT2D eigenvalue weighted by atomic mass is 15.2. The third-order valence-electron chi connectivity index (χ3n) is 5.68. The molecule has 94 valence electrons. The van der Waals surface area contributed by atoms with E-state index in [-0.39, 0.29) is 0 Å². The van der Waals surface area contributed by atoms with Crippen LogP contribution in [0.2, 0.25) is 0 Å². The van der Waals surface area contributed by atoms with Gasteiger partial charge in [0.05, 0.1) is 0 Å². The molecule has 0 N–H and O–H groups in total. The minimum absolute atomic E-state index is 0.542. The van der Waals surface area contributed by atoms with Crippen LogP contribution in [-0.4, -0.2) is 24.0 Å². The Hall–Kier alpha value is -0.0400. The molecule has 1 nitrogen and oxygen atoms in total. The van der Waals surface area contributed by atoms with Crippen molar-refractivity contribution in [1.29, 1.82) is 0 Å². The SMILES string of the molecule is CC(C)C1(C)CN(C2CCCC2)CCC1C. The van der Waals surface area contributed by atoms with E-state index in [1.165, 1.54) is 45.2 Å². The maximum absolute atomic E-state index is 2.81. The monoisotopic (exact) mass is 223 g/mol. The van der Waals surface area contributed by atoms with Gasteiger partial charge in [0, 0.05) is 12.6 Å². The Bertz CT molecular complexity index is 230. The van der Waals surface area contributed by atoms with Gasteiger partial charge in [0.15, 0.2) is 0 Å². The summed E-state index contributed by atoms with van der Waals surface area (Å²) >= 11 is 0. The molecule has 1 saturated carbocycles. The van der Waals surface area contributed by atoms with Gasteiger partial charge < -0.3 is 0 Å². The van der Waals surface area contributed by atoms with Gasteiger partial charge in [-0.15, -0.1) is 0 Å². The third kappa shape index (κ3) is 2.16. The third-order valence-corrected chi connectivity index (χ3v) is 5.68. The summed E-state index contributed by atoms with van der Waals surface area (Å²) < 4.78 is 0. The lowest BCUT2D eigenvalue weighted by atomic mass is 9.66. The number of likely N-dealkylation sites (tertiary alicyclic amines) is 1. The van der Waals surface area contributed by atoms with Crippen LogP contribution in [-0.2, 0) is 0 Å². The molecular weight excluding hydrogens is 194 g/mol. The summed E-state index contributed by atoms with van der Waals surface area (Å²) in [5, 5.41) is 0. The van der Waals surface area contributed by atoms with Crippen molar-refractivity contribution < 1.29 is 0 Å². The molecule has 16 heavy (non-hydrogen) atoms. The summed E-state index contributed by atoms with van der Waals surface area (Å²) in [5.41, 5.74) is 0.542. The topological polar surface area (TPSA) is 3.24 Å². The molecule has 0 amide bonds. The molecule has 1 aliphatic carbocycles. The van der Waals surface area contributed by atoms with E-state index in [1.54, 1.807) is 0 Å². The van der Waals surface area contributed by atoms with Crippen LogP contribution < -0.4 is 0 Å². The van der Waals surface area contributed by atoms with Crippen molar-refractivity contribution in [2.45, 2.75) is 65.8 Å². The molecule has 2 unspecified atom stereocenters. The van der Waals surface area contributed by atoms with E-state index in [2.05, 4.69) is 32.6 Å². The Morgan fingerprint density at radius 2 is 1.75 bits per heavy atom. The summed E-state index contributed by atoms with van der Waals surface area (Å²) in [6, 6.07) is 0.922. The molecule has 1 aliphatic heterocycles. The molecule has 0 spiro atoms. The Morgan fingerprint density at radius 1 is 1.12 bits per heavy atom. The Kier molecular flexibility index (Phi) is 3.63. The van der Waals surface area contributed by atoms with Crippen LogP contribution >= 0.6 is 0 Å². The predicted molar refractivity (Wildman–Crippen MR) is 70.6 cm³/mol. The highest BCUT2D eigenvalue weighted by molar-refractivity contribution is 4.93. The zero-order valence-electron chi connectivity index (χ0n) is 11.6. The summed E-state index contributed by atoms with van der Waals surface area (Å²) in [7, 11) is 0.